The highest BCUT2D eigenvalue weighted by Crippen LogP contribution is 2.35. The van der Waals surface area contributed by atoms with Gasteiger partial charge in [0.05, 0.1) is 16.9 Å². The maximum absolute atomic E-state index is 14.4. The SMILES string of the molecule is Fc1ccc(-c2ncc(N3CCC(F)CC3)nc2-c2ccncc2Cl)c(F)c1. The van der Waals surface area contributed by atoms with Gasteiger partial charge in [-0.25, -0.2) is 23.1 Å². The molecule has 28 heavy (non-hydrogen) atoms. The van der Waals surface area contributed by atoms with Crippen molar-refractivity contribution in [3.8, 4) is 22.5 Å². The summed E-state index contributed by atoms with van der Waals surface area (Å²) in [6, 6.07) is 4.95. The Morgan fingerprint density at radius 2 is 1.79 bits per heavy atom. The van der Waals surface area contributed by atoms with Crippen molar-refractivity contribution in [2.45, 2.75) is 19.0 Å². The molecule has 0 bridgehead atoms. The number of halogens is 4. The predicted octanol–water partition coefficient (Wildman–Crippen LogP) is 5.08. The van der Waals surface area contributed by atoms with Crippen molar-refractivity contribution in [2.75, 3.05) is 18.0 Å². The maximum Gasteiger partial charge on any atom is 0.147 e. The maximum atomic E-state index is 14.4. The minimum absolute atomic E-state index is 0.116. The summed E-state index contributed by atoms with van der Waals surface area (Å²) in [4.78, 5) is 15.0. The van der Waals surface area contributed by atoms with Crippen LogP contribution in [0.5, 0.6) is 0 Å². The molecular formula is C20H16ClF3N4. The lowest BCUT2D eigenvalue weighted by Crippen LogP contribution is -2.35. The highest BCUT2D eigenvalue weighted by molar-refractivity contribution is 6.33. The van der Waals surface area contributed by atoms with Crippen LogP contribution in [0.1, 0.15) is 12.8 Å². The van der Waals surface area contributed by atoms with Crippen LogP contribution < -0.4 is 4.90 Å². The van der Waals surface area contributed by atoms with Gasteiger partial charge in [0, 0.05) is 42.7 Å². The molecule has 4 nitrogen and oxygen atoms in total. The normalized spacial score (nSPS) is 15.1. The number of nitrogens with zero attached hydrogens (tertiary/aromatic N) is 4. The largest absolute Gasteiger partial charge is 0.355 e. The van der Waals surface area contributed by atoms with Gasteiger partial charge in [0.25, 0.3) is 0 Å². The van der Waals surface area contributed by atoms with Crippen molar-refractivity contribution >= 4 is 17.4 Å². The molecule has 0 spiro atoms. The minimum atomic E-state index is -0.814. The van der Waals surface area contributed by atoms with Crippen molar-refractivity contribution in [1.29, 1.82) is 0 Å². The molecule has 0 amide bonds. The van der Waals surface area contributed by atoms with Crippen molar-refractivity contribution < 1.29 is 13.2 Å². The molecule has 144 valence electrons. The quantitative estimate of drug-likeness (QED) is 0.610. The molecule has 0 radical (unpaired) electrons. The zero-order valence-electron chi connectivity index (χ0n) is 14.7. The van der Waals surface area contributed by atoms with E-state index in [1.54, 1.807) is 12.3 Å². The van der Waals surface area contributed by atoms with E-state index in [-0.39, 0.29) is 11.3 Å². The molecule has 2 aromatic heterocycles. The molecule has 0 aliphatic carbocycles. The van der Waals surface area contributed by atoms with Crippen molar-refractivity contribution in [1.82, 2.24) is 15.0 Å². The van der Waals surface area contributed by atoms with Crippen LogP contribution in [-0.4, -0.2) is 34.2 Å². The summed E-state index contributed by atoms with van der Waals surface area (Å²) >= 11 is 6.29. The number of pyridine rings is 1. The average molecular weight is 405 g/mol. The number of aromatic nitrogens is 3. The fourth-order valence-corrected chi connectivity index (χ4v) is 3.45. The summed E-state index contributed by atoms with van der Waals surface area (Å²) in [5.41, 5.74) is 1.25. The van der Waals surface area contributed by atoms with E-state index in [9.17, 15) is 13.2 Å². The van der Waals surface area contributed by atoms with Gasteiger partial charge in [-0.05, 0) is 31.0 Å². The summed E-state index contributed by atoms with van der Waals surface area (Å²) in [7, 11) is 0. The molecule has 1 fully saturated rings. The van der Waals surface area contributed by atoms with E-state index in [4.69, 9.17) is 11.6 Å². The summed E-state index contributed by atoms with van der Waals surface area (Å²) in [6.07, 6.45) is 4.56. The van der Waals surface area contributed by atoms with Crippen LogP contribution in [0.4, 0.5) is 19.0 Å². The van der Waals surface area contributed by atoms with Crippen LogP contribution in [0.2, 0.25) is 5.02 Å². The molecule has 1 aliphatic heterocycles. The molecule has 0 unspecified atom stereocenters. The molecule has 3 heterocycles. The van der Waals surface area contributed by atoms with Gasteiger partial charge in [-0.2, -0.15) is 0 Å². The second-order valence-corrected chi connectivity index (χ2v) is 6.97. The zero-order valence-corrected chi connectivity index (χ0v) is 15.5. The Morgan fingerprint density at radius 3 is 2.50 bits per heavy atom. The Bertz CT molecular complexity index is 1010. The summed E-state index contributed by atoms with van der Waals surface area (Å²) < 4.78 is 41.2. The molecule has 0 atom stereocenters. The van der Waals surface area contributed by atoms with Crippen LogP contribution in [0.15, 0.2) is 42.9 Å². The molecular weight excluding hydrogens is 389 g/mol. The molecule has 1 aromatic carbocycles. The molecule has 8 heteroatoms. The van der Waals surface area contributed by atoms with E-state index in [1.165, 1.54) is 18.5 Å². The van der Waals surface area contributed by atoms with Gasteiger partial charge in [0.2, 0.25) is 0 Å². The van der Waals surface area contributed by atoms with E-state index < -0.39 is 17.8 Å². The number of piperidine rings is 1. The Hall–Kier alpha value is -2.67. The Labute approximate surface area is 165 Å². The number of hydrogen-bond acceptors (Lipinski definition) is 4. The Morgan fingerprint density at radius 1 is 1.00 bits per heavy atom. The standard InChI is InChI=1S/C20H16ClF3N4/c21-16-10-25-6-3-14(16)20-19(15-2-1-13(23)9-17(15)24)26-11-18(27-20)28-7-4-12(22)5-8-28/h1-3,6,9-12H,4-5,7-8H2. The Kier molecular flexibility index (Phi) is 5.17. The van der Waals surface area contributed by atoms with Crippen molar-refractivity contribution in [3.05, 3.63) is 59.5 Å². The molecule has 1 saturated heterocycles. The van der Waals surface area contributed by atoms with E-state index in [0.29, 0.717) is 48.0 Å². The van der Waals surface area contributed by atoms with Crippen LogP contribution in [0.3, 0.4) is 0 Å². The van der Waals surface area contributed by atoms with Gasteiger partial charge in [-0.1, -0.05) is 11.6 Å². The average Bonchev–Trinajstić information content (AvgIpc) is 2.69. The first kappa shape index (κ1) is 18.7. The van der Waals surface area contributed by atoms with Gasteiger partial charge in [-0.15, -0.1) is 0 Å². The lowest BCUT2D eigenvalue weighted by Gasteiger charge is -2.29. The second-order valence-electron chi connectivity index (χ2n) is 6.57. The summed E-state index contributed by atoms with van der Waals surface area (Å²) in [5.74, 6) is -0.865. The first-order valence-electron chi connectivity index (χ1n) is 8.84. The molecule has 0 N–H and O–H groups in total. The molecule has 0 saturated carbocycles. The lowest BCUT2D eigenvalue weighted by molar-refractivity contribution is 0.276. The van der Waals surface area contributed by atoms with E-state index in [0.717, 1.165) is 12.1 Å². The van der Waals surface area contributed by atoms with E-state index >= 15 is 0 Å². The van der Waals surface area contributed by atoms with Gasteiger partial charge in [0.15, 0.2) is 0 Å². The van der Waals surface area contributed by atoms with Crippen LogP contribution in [0, 0.1) is 11.6 Å². The smallest absolute Gasteiger partial charge is 0.147 e. The first-order valence-corrected chi connectivity index (χ1v) is 9.22. The fourth-order valence-electron chi connectivity index (χ4n) is 3.24. The third-order valence-electron chi connectivity index (χ3n) is 4.72. The first-order chi connectivity index (χ1) is 13.5. The van der Waals surface area contributed by atoms with Crippen molar-refractivity contribution in [3.63, 3.8) is 0 Å². The number of alkyl halides is 1. The molecule has 1 aliphatic rings. The third kappa shape index (κ3) is 3.67. The summed E-state index contributed by atoms with van der Waals surface area (Å²) in [5, 5.41) is 0.334. The zero-order chi connectivity index (χ0) is 19.7. The number of anilines is 1. The number of benzene rings is 1. The summed E-state index contributed by atoms with van der Waals surface area (Å²) in [6.45, 7) is 1.03. The number of rotatable bonds is 3. The number of hydrogen-bond donors (Lipinski definition) is 0. The topological polar surface area (TPSA) is 41.9 Å². The minimum Gasteiger partial charge on any atom is -0.355 e. The van der Waals surface area contributed by atoms with E-state index in [2.05, 4.69) is 15.0 Å². The molecule has 4 rings (SSSR count). The van der Waals surface area contributed by atoms with Gasteiger partial charge in [0.1, 0.15) is 29.3 Å². The van der Waals surface area contributed by atoms with Crippen LogP contribution in [-0.2, 0) is 0 Å². The van der Waals surface area contributed by atoms with Gasteiger partial charge in [-0.3, -0.25) is 4.98 Å². The fraction of sp³-hybridized carbons (Fsp3) is 0.250. The Balaban J connectivity index is 1.85. The highest BCUT2D eigenvalue weighted by Gasteiger charge is 2.23. The van der Waals surface area contributed by atoms with Crippen LogP contribution in [0.25, 0.3) is 22.5 Å². The third-order valence-corrected chi connectivity index (χ3v) is 5.02. The highest BCUT2D eigenvalue weighted by atomic mass is 35.5. The van der Waals surface area contributed by atoms with Gasteiger partial charge < -0.3 is 4.90 Å². The molecule has 3 aromatic rings. The van der Waals surface area contributed by atoms with Crippen LogP contribution >= 0.6 is 11.6 Å². The second kappa shape index (κ2) is 7.75. The predicted molar refractivity (Wildman–Crippen MR) is 102 cm³/mol. The lowest BCUT2D eigenvalue weighted by atomic mass is 10.0. The van der Waals surface area contributed by atoms with Gasteiger partial charge >= 0.3 is 0 Å². The van der Waals surface area contributed by atoms with E-state index in [1.807, 2.05) is 4.90 Å². The van der Waals surface area contributed by atoms with Crippen molar-refractivity contribution in [2.24, 2.45) is 0 Å². The monoisotopic (exact) mass is 404 g/mol.